The van der Waals surface area contributed by atoms with Crippen molar-refractivity contribution in [1.29, 1.82) is 0 Å². The van der Waals surface area contributed by atoms with Crippen molar-refractivity contribution < 1.29 is 33.3 Å². The number of carbonyl (C=O) groups is 2. The maximum absolute atomic E-state index is 12.6. The first-order valence-corrected chi connectivity index (χ1v) is 12.3. The van der Waals surface area contributed by atoms with Crippen molar-refractivity contribution in [2.75, 3.05) is 21.3 Å². The van der Waals surface area contributed by atoms with Crippen molar-refractivity contribution in [2.45, 2.75) is 57.8 Å². The zero-order valence-corrected chi connectivity index (χ0v) is 22.4. The molecule has 8 heteroatoms. The second-order valence-electron chi connectivity index (χ2n) is 9.93. The number of nitrogens with one attached hydrogen (secondary N) is 1. The van der Waals surface area contributed by atoms with E-state index in [-0.39, 0.29) is 5.92 Å². The summed E-state index contributed by atoms with van der Waals surface area (Å²) in [5.41, 5.74) is 1.81. The van der Waals surface area contributed by atoms with Crippen LogP contribution in [0.5, 0.6) is 17.2 Å². The van der Waals surface area contributed by atoms with Crippen LogP contribution >= 0.6 is 0 Å². The van der Waals surface area contributed by atoms with Crippen LogP contribution in [0.25, 0.3) is 6.08 Å². The van der Waals surface area contributed by atoms with Crippen LogP contribution in [0.2, 0.25) is 0 Å². The number of amides is 1. The van der Waals surface area contributed by atoms with E-state index in [0.717, 1.165) is 17.4 Å². The van der Waals surface area contributed by atoms with Crippen LogP contribution < -0.4 is 19.5 Å². The predicted octanol–water partition coefficient (Wildman–Crippen LogP) is 5.18. The first-order chi connectivity index (χ1) is 17.7. The molecule has 0 radical (unpaired) electrons. The van der Waals surface area contributed by atoms with Gasteiger partial charge < -0.3 is 28.5 Å². The maximum atomic E-state index is 12.6. The average Bonchev–Trinajstić information content (AvgIpc) is 3.29. The van der Waals surface area contributed by atoms with Gasteiger partial charge in [0.2, 0.25) is 5.75 Å². The largest absolute Gasteiger partial charge is 0.493 e. The Morgan fingerprint density at radius 2 is 1.70 bits per heavy atom. The van der Waals surface area contributed by atoms with Crippen LogP contribution in [0.15, 0.2) is 48.2 Å². The molecule has 0 saturated carbocycles. The van der Waals surface area contributed by atoms with Gasteiger partial charge in [-0.2, -0.15) is 0 Å². The third kappa shape index (κ3) is 7.73. The number of benzene rings is 2. The molecule has 0 aromatic heterocycles. The topological polar surface area (TPSA) is 92.3 Å². The minimum Gasteiger partial charge on any atom is -0.493 e. The van der Waals surface area contributed by atoms with E-state index in [0.29, 0.717) is 42.2 Å². The van der Waals surface area contributed by atoms with Crippen molar-refractivity contribution in [1.82, 2.24) is 5.32 Å². The van der Waals surface area contributed by atoms with Crippen molar-refractivity contribution in [3.05, 3.63) is 59.3 Å². The van der Waals surface area contributed by atoms with Crippen LogP contribution in [0.1, 0.15) is 44.7 Å². The van der Waals surface area contributed by atoms with E-state index in [2.05, 4.69) is 5.32 Å². The van der Waals surface area contributed by atoms with E-state index in [4.69, 9.17) is 23.7 Å². The number of hydrogen-bond donors (Lipinski definition) is 1. The summed E-state index contributed by atoms with van der Waals surface area (Å²) in [5, 5.41) is 2.86. The van der Waals surface area contributed by atoms with Crippen LogP contribution in [0.4, 0.5) is 4.79 Å². The Morgan fingerprint density at radius 1 is 1.05 bits per heavy atom. The van der Waals surface area contributed by atoms with Gasteiger partial charge in [0.25, 0.3) is 0 Å². The number of aldehydes is 1. The van der Waals surface area contributed by atoms with Gasteiger partial charge in [-0.3, -0.25) is 5.32 Å². The highest BCUT2D eigenvalue weighted by Crippen LogP contribution is 2.39. The molecule has 0 aliphatic carbocycles. The monoisotopic (exact) mass is 511 g/mol. The Balaban J connectivity index is 1.79. The lowest BCUT2D eigenvalue weighted by Gasteiger charge is -2.22. The van der Waals surface area contributed by atoms with E-state index in [1.807, 2.05) is 48.5 Å². The molecular weight excluding hydrogens is 474 g/mol. The van der Waals surface area contributed by atoms with Gasteiger partial charge in [-0.15, -0.1) is 0 Å². The molecular formula is C29H37NO7. The van der Waals surface area contributed by atoms with E-state index in [1.165, 1.54) is 0 Å². The summed E-state index contributed by atoms with van der Waals surface area (Å²) >= 11 is 0. The maximum Gasteiger partial charge on any atom is 0.411 e. The second kappa shape index (κ2) is 12.6. The van der Waals surface area contributed by atoms with Gasteiger partial charge in [-0.05, 0) is 75.3 Å². The number of alkyl carbamates (subject to hydrolysis) is 1. The van der Waals surface area contributed by atoms with Gasteiger partial charge >= 0.3 is 6.09 Å². The molecule has 1 N–H and O–H groups in total. The van der Waals surface area contributed by atoms with Gasteiger partial charge in [-0.25, -0.2) is 4.79 Å². The third-order valence-corrected chi connectivity index (χ3v) is 6.08. The summed E-state index contributed by atoms with van der Waals surface area (Å²) in [7, 11) is 4.73. The standard InChI is InChI=1S/C29H37NO7/c1-29(2,3)37-28(32)30-22(14-19-10-8-7-9-11-19)23-17-21(26(18-31)36-23)13-12-20-15-24(33-4)27(35-6)25(16-20)34-5/h7-11,14-16,18,21,23,26H,12-13,17H2,1-6H3,(H,30,32)/t21-,23-,26+/m0/s1. The van der Waals surface area contributed by atoms with Gasteiger partial charge in [0.15, 0.2) is 11.5 Å². The molecule has 3 rings (SSSR count). The summed E-state index contributed by atoms with van der Waals surface area (Å²) in [6.45, 7) is 5.42. The van der Waals surface area contributed by atoms with Crippen LogP contribution in [-0.4, -0.2) is 51.5 Å². The minimum atomic E-state index is -0.646. The zero-order valence-electron chi connectivity index (χ0n) is 22.4. The molecule has 0 bridgehead atoms. The molecule has 1 aliphatic heterocycles. The van der Waals surface area contributed by atoms with E-state index in [9.17, 15) is 9.59 Å². The molecule has 2 aromatic carbocycles. The Kier molecular flexibility index (Phi) is 9.58. The van der Waals surface area contributed by atoms with Crippen LogP contribution in [-0.2, 0) is 20.7 Å². The highest BCUT2D eigenvalue weighted by molar-refractivity contribution is 5.73. The van der Waals surface area contributed by atoms with E-state index >= 15 is 0 Å². The fourth-order valence-electron chi connectivity index (χ4n) is 4.38. The van der Waals surface area contributed by atoms with Crippen molar-refractivity contribution in [3.63, 3.8) is 0 Å². The fraction of sp³-hybridized carbons (Fsp3) is 0.448. The van der Waals surface area contributed by atoms with E-state index in [1.54, 1.807) is 42.1 Å². The summed E-state index contributed by atoms with van der Waals surface area (Å²) in [6.07, 6.45) is 3.03. The quantitative estimate of drug-likeness (QED) is 0.439. The highest BCUT2D eigenvalue weighted by Gasteiger charge is 2.37. The Morgan fingerprint density at radius 3 is 2.24 bits per heavy atom. The number of rotatable bonds is 10. The third-order valence-electron chi connectivity index (χ3n) is 6.08. The molecule has 0 spiro atoms. The predicted molar refractivity (Wildman–Crippen MR) is 141 cm³/mol. The number of aryl methyl sites for hydroxylation is 1. The molecule has 1 aliphatic rings. The lowest BCUT2D eigenvalue weighted by molar-refractivity contribution is -0.118. The minimum absolute atomic E-state index is 0.0406. The SMILES string of the molecule is COc1cc(CC[C@H]2C[C@@H](C(=Cc3ccccc3)NC(=O)OC(C)(C)C)O[C@@H]2C=O)cc(OC)c1OC. The summed E-state index contributed by atoms with van der Waals surface area (Å²) in [4.78, 5) is 24.5. The molecule has 200 valence electrons. The number of carbonyl (C=O) groups excluding carboxylic acids is 2. The van der Waals surface area contributed by atoms with Crippen LogP contribution in [0, 0.1) is 5.92 Å². The molecule has 1 saturated heterocycles. The number of hydrogen-bond acceptors (Lipinski definition) is 7. The molecule has 37 heavy (non-hydrogen) atoms. The second-order valence-corrected chi connectivity index (χ2v) is 9.93. The summed E-state index contributed by atoms with van der Waals surface area (Å²) < 4.78 is 27.9. The Labute approximate surface area is 218 Å². The first-order valence-electron chi connectivity index (χ1n) is 12.3. The zero-order chi connectivity index (χ0) is 27.0. The molecule has 3 atom stereocenters. The number of ether oxygens (including phenoxy) is 5. The summed E-state index contributed by atoms with van der Waals surface area (Å²) in [6, 6.07) is 13.5. The first kappa shape index (κ1) is 28.1. The van der Waals surface area contributed by atoms with Crippen molar-refractivity contribution in [2.24, 2.45) is 5.92 Å². The van der Waals surface area contributed by atoms with Crippen molar-refractivity contribution >= 4 is 18.5 Å². The van der Waals surface area contributed by atoms with Gasteiger partial charge in [0.1, 0.15) is 18.0 Å². The van der Waals surface area contributed by atoms with Gasteiger partial charge in [0, 0.05) is 0 Å². The highest BCUT2D eigenvalue weighted by atomic mass is 16.6. The normalized spacial score (nSPS) is 19.7. The molecule has 1 fully saturated rings. The Bertz CT molecular complexity index is 1070. The van der Waals surface area contributed by atoms with Crippen molar-refractivity contribution in [3.8, 4) is 17.2 Å². The van der Waals surface area contributed by atoms with Gasteiger partial charge in [0.05, 0.1) is 33.1 Å². The lowest BCUT2D eigenvalue weighted by atomic mass is 9.91. The molecule has 1 heterocycles. The average molecular weight is 512 g/mol. The fourth-order valence-corrected chi connectivity index (χ4v) is 4.38. The van der Waals surface area contributed by atoms with E-state index < -0.39 is 23.9 Å². The molecule has 0 unspecified atom stereocenters. The smallest absolute Gasteiger partial charge is 0.411 e. The Hall–Kier alpha value is -3.52. The number of methoxy groups -OCH3 is 3. The summed E-state index contributed by atoms with van der Waals surface area (Å²) in [5.74, 6) is 1.66. The van der Waals surface area contributed by atoms with Gasteiger partial charge in [-0.1, -0.05) is 30.3 Å². The molecule has 8 nitrogen and oxygen atoms in total. The molecule has 2 aromatic rings. The molecule has 1 amide bonds. The lowest BCUT2D eigenvalue weighted by Crippen LogP contribution is -2.35. The van der Waals surface area contributed by atoms with Crippen LogP contribution in [0.3, 0.4) is 0 Å².